The summed E-state index contributed by atoms with van der Waals surface area (Å²) in [6.07, 6.45) is 1.32. The number of nitriles is 1. The largest absolute Gasteiger partial charge is 0.481 e. The lowest BCUT2D eigenvalue weighted by Crippen LogP contribution is -2.46. The van der Waals surface area contributed by atoms with Crippen molar-refractivity contribution in [3.63, 3.8) is 0 Å². The number of carboxylic acids is 1. The summed E-state index contributed by atoms with van der Waals surface area (Å²) < 4.78 is 0. The molecule has 27 heavy (non-hydrogen) atoms. The number of carbonyl (C=O) groups excluding carboxylic acids is 1. The van der Waals surface area contributed by atoms with Crippen LogP contribution < -0.4 is 5.32 Å². The number of rotatable bonds is 4. The molecule has 1 heterocycles. The van der Waals surface area contributed by atoms with Crippen molar-refractivity contribution in [3.8, 4) is 17.2 Å². The van der Waals surface area contributed by atoms with Crippen LogP contribution in [0.5, 0.6) is 0 Å². The van der Waals surface area contributed by atoms with Gasteiger partial charge in [-0.1, -0.05) is 42.5 Å². The summed E-state index contributed by atoms with van der Waals surface area (Å²) in [5.74, 6) is -1.33. The Labute approximate surface area is 158 Å². The molecule has 0 aliphatic carbocycles. The number of benzene rings is 2. The Balaban J connectivity index is 1.60. The predicted molar refractivity (Wildman–Crippen MR) is 101 cm³/mol. The fourth-order valence-corrected chi connectivity index (χ4v) is 3.29. The van der Waals surface area contributed by atoms with E-state index in [9.17, 15) is 14.9 Å². The van der Waals surface area contributed by atoms with Crippen LogP contribution in [0.15, 0.2) is 48.5 Å². The van der Waals surface area contributed by atoms with Gasteiger partial charge in [-0.25, -0.2) is 4.79 Å². The Morgan fingerprint density at radius 3 is 2.63 bits per heavy atom. The maximum Gasteiger partial charge on any atom is 0.317 e. The van der Waals surface area contributed by atoms with Crippen LogP contribution in [0, 0.1) is 17.2 Å². The molecule has 6 nitrogen and oxygen atoms in total. The number of nitrogens with zero attached hydrogens (tertiary/aromatic N) is 2. The zero-order valence-corrected chi connectivity index (χ0v) is 14.9. The molecular weight excluding hydrogens is 342 g/mol. The van der Waals surface area contributed by atoms with E-state index in [0.717, 1.165) is 16.7 Å². The minimum absolute atomic E-state index is 0.236. The molecule has 2 N–H and O–H groups in total. The monoisotopic (exact) mass is 363 g/mol. The molecular formula is C21H21N3O3. The second-order valence-corrected chi connectivity index (χ2v) is 6.64. The first-order chi connectivity index (χ1) is 13.1. The first kappa shape index (κ1) is 18.5. The molecule has 1 aliphatic heterocycles. The molecule has 0 radical (unpaired) electrons. The lowest BCUT2D eigenvalue weighted by molar-refractivity contribution is -0.143. The Morgan fingerprint density at radius 1 is 1.19 bits per heavy atom. The number of amides is 2. The van der Waals surface area contributed by atoms with Gasteiger partial charge in [0.2, 0.25) is 0 Å². The van der Waals surface area contributed by atoms with Gasteiger partial charge in [0.05, 0.1) is 17.6 Å². The Hall–Kier alpha value is -3.33. The predicted octanol–water partition coefficient (Wildman–Crippen LogP) is 3.23. The van der Waals surface area contributed by atoms with Gasteiger partial charge in [-0.15, -0.1) is 0 Å². The summed E-state index contributed by atoms with van der Waals surface area (Å²) in [5, 5.41) is 21.2. The van der Waals surface area contributed by atoms with E-state index in [1.165, 1.54) is 0 Å². The topological polar surface area (TPSA) is 93.4 Å². The summed E-state index contributed by atoms with van der Waals surface area (Å²) in [4.78, 5) is 25.0. The summed E-state index contributed by atoms with van der Waals surface area (Å²) >= 11 is 0. The molecule has 0 saturated carbocycles. The van der Waals surface area contributed by atoms with Crippen LogP contribution in [-0.2, 0) is 11.3 Å². The zero-order chi connectivity index (χ0) is 19.2. The SMILES string of the molecule is N#Cc1ccccc1-c1ccc(CNC(=O)N2CCCC(C(=O)O)C2)cc1. The Morgan fingerprint density at radius 2 is 1.93 bits per heavy atom. The average molecular weight is 363 g/mol. The molecule has 2 amide bonds. The fraction of sp³-hybridized carbons (Fsp3) is 0.286. The first-order valence-electron chi connectivity index (χ1n) is 8.92. The van der Waals surface area contributed by atoms with E-state index >= 15 is 0 Å². The van der Waals surface area contributed by atoms with Crippen LogP contribution in [0.25, 0.3) is 11.1 Å². The molecule has 138 valence electrons. The third kappa shape index (κ3) is 4.45. The van der Waals surface area contributed by atoms with Gasteiger partial charge < -0.3 is 15.3 Å². The third-order valence-corrected chi connectivity index (χ3v) is 4.81. The highest BCUT2D eigenvalue weighted by Crippen LogP contribution is 2.23. The fourth-order valence-electron chi connectivity index (χ4n) is 3.29. The van der Waals surface area contributed by atoms with Gasteiger partial charge in [0.25, 0.3) is 0 Å². The maximum absolute atomic E-state index is 12.3. The van der Waals surface area contributed by atoms with E-state index in [4.69, 9.17) is 5.11 Å². The lowest BCUT2D eigenvalue weighted by Gasteiger charge is -2.30. The van der Waals surface area contributed by atoms with Crippen LogP contribution >= 0.6 is 0 Å². The van der Waals surface area contributed by atoms with Crippen LogP contribution in [0.1, 0.15) is 24.0 Å². The van der Waals surface area contributed by atoms with E-state index in [1.807, 2.05) is 42.5 Å². The van der Waals surface area contributed by atoms with Crippen molar-refractivity contribution >= 4 is 12.0 Å². The number of urea groups is 1. The van der Waals surface area contributed by atoms with Crippen LogP contribution in [0.4, 0.5) is 4.79 Å². The number of piperidine rings is 1. The van der Waals surface area contributed by atoms with Crippen molar-refractivity contribution in [3.05, 3.63) is 59.7 Å². The van der Waals surface area contributed by atoms with Gasteiger partial charge >= 0.3 is 12.0 Å². The second kappa shape index (κ2) is 8.37. The average Bonchev–Trinajstić information content (AvgIpc) is 2.72. The summed E-state index contributed by atoms with van der Waals surface area (Å²) in [6.45, 7) is 1.21. The van der Waals surface area contributed by atoms with E-state index in [-0.39, 0.29) is 12.6 Å². The Bertz CT molecular complexity index is 871. The second-order valence-electron chi connectivity index (χ2n) is 6.64. The van der Waals surface area contributed by atoms with Gasteiger partial charge in [0, 0.05) is 19.6 Å². The number of aliphatic carboxylic acids is 1. The van der Waals surface area contributed by atoms with Crippen LogP contribution in [0.3, 0.4) is 0 Å². The van der Waals surface area contributed by atoms with Gasteiger partial charge in [-0.2, -0.15) is 5.26 Å². The van der Waals surface area contributed by atoms with E-state index in [2.05, 4.69) is 11.4 Å². The number of nitrogens with one attached hydrogen (secondary N) is 1. The van der Waals surface area contributed by atoms with Crippen molar-refractivity contribution < 1.29 is 14.7 Å². The number of hydrogen-bond acceptors (Lipinski definition) is 3. The third-order valence-electron chi connectivity index (χ3n) is 4.81. The highest BCUT2D eigenvalue weighted by atomic mass is 16.4. The molecule has 1 atom stereocenters. The van der Waals surface area contributed by atoms with Crippen molar-refractivity contribution in [2.75, 3.05) is 13.1 Å². The molecule has 3 rings (SSSR count). The standard InChI is InChI=1S/C21H21N3O3/c22-12-17-4-1-2-6-19(17)16-9-7-15(8-10-16)13-23-21(27)24-11-3-5-18(14-24)20(25)26/h1-2,4,6-10,18H,3,5,11,13-14H2,(H,23,27)(H,25,26). The van der Waals surface area contributed by atoms with Crippen molar-refractivity contribution in [2.24, 2.45) is 5.92 Å². The lowest BCUT2D eigenvalue weighted by atomic mass is 9.98. The van der Waals surface area contributed by atoms with Crippen LogP contribution in [0.2, 0.25) is 0 Å². The van der Waals surface area contributed by atoms with Crippen molar-refractivity contribution in [2.45, 2.75) is 19.4 Å². The molecule has 1 aliphatic rings. The van der Waals surface area contributed by atoms with Gasteiger partial charge in [0.1, 0.15) is 0 Å². The van der Waals surface area contributed by atoms with Crippen LogP contribution in [-0.4, -0.2) is 35.1 Å². The summed E-state index contributed by atoms with van der Waals surface area (Å²) in [6, 6.07) is 17.1. The molecule has 0 bridgehead atoms. The van der Waals surface area contributed by atoms with Gasteiger partial charge in [-0.3, -0.25) is 4.79 Å². The minimum atomic E-state index is -0.847. The quantitative estimate of drug-likeness (QED) is 0.872. The van der Waals surface area contributed by atoms with E-state index in [1.54, 1.807) is 11.0 Å². The molecule has 1 unspecified atom stereocenters. The molecule has 0 aromatic heterocycles. The maximum atomic E-state index is 12.3. The number of carboxylic acid groups (broad SMARTS) is 1. The summed E-state index contributed by atoms with van der Waals surface area (Å²) in [7, 11) is 0. The number of carbonyl (C=O) groups is 2. The number of likely N-dealkylation sites (tertiary alicyclic amines) is 1. The Kier molecular flexibility index (Phi) is 5.72. The molecule has 2 aromatic carbocycles. The highest BCUT2D eigenvalue weighted by molar-refractivity contribution is 5.76. The smallest absolute Gasteiger partial charge is 0.317 e. The van der Waals surface area contributed by atoms with Crippen molar-refractivity contribution in [1.29, 1.82) is 5.26 Å². The molecule has 0 spiro atoms. The van der Waals surface area contributed by atoms with Gasteiger partial charge in [-0.05, 0) is 35.6 Å². The van der Waals surface area contributed by atoms with Crippen molar-refractivity contribution in [1.82, 2.24) is 10.2 Å². The normalized spacial score (nSPS) is 16.4. The molecule has 1 saturated heterocycles. The van der Waals surface area contributed by atoms with E-state index in [0.29, 0.717) is 31.5 Å². The highest BCUT2D eigenvalue weighted by Gasteiger charge is 2.27. The zero-order valence-electron chi connectivity index (χ0n) is 14.9. The molecule has 6 heteroatoms. The molecule has 2 aromatic rings. The minimum Gasteiger partial charge on any atom is -0.481 e. The summed E-state index contributed by atoms with van der Waals surface area (Å²) in [5.41, 5.74) is 3.39. The number of hydrogen-bond donors (Lipinski definition) is 2. The van der Waals surface area contributed by atoms with E-state index < -0.39 is 11.9 Å². The molecule has 1 fully saturated rings. The first-order valence-corrected chi connectivity index (χ1v) is 8.92. The van der Waals surface area contributed by atoms with Gasteiger partial charge in [0.15, 0.2) is 0 Å².